The number of nitrogens with zero attached hydrogens (tertiary/aromatic N) is 1. The summed E-state index contributed by atoms with van der Waals surface area (Å²) in [7, 11) is 0. The van der Waals surface area contributed by atoms with Crippen molar-refractivity contribution in [1.29, 1.82) is 0 Å². The van der Waals surface area contributed by atoms with E-state index in [1.807, 2.05) is 6.92 Å². The van der Waals surface area contributed by atoms with Gasteiger partial charge >= 0.3 is 0 Å². The maximum Gasteiger partial charge on any atom is 0.294 e. The van der Waals surface area contributed by atoms with Crippen molar-refractivity contribution in [3.63, 3.8) is 0 Å². The molecular formula is C20H18N2O6S. The standard InChI is InChI=1S/C20H18N2O6S/c1-2-28-14-6-4-13(5-7-14)21-18(25)11-22-19(26)17(29-20(22)27)10-12-3-8-15(23)16(24)9-12/h3-10,23-24H,2,11H2,1H3,(H,21,25)/b17-10+. The summed E-state index contributed by atoms with van der Waals surface area (Å²) in [5, 5.41) is 21.0. The number of amides is 3. The average molecular weight is 414 g/mol. The van der Waals surface area contributed by atoms with Crippen LogP contribution in [0.15, 0.2) is 47.4 Å². The third-order valence-corrected chi connectivity index (χ3v) is 4.83. The lowest BCUT2D eigenvalue weighted by Gasteiger charge is -2.12. The van der Waals surface area contributed by atoms with Crippen LogP contribution in [0.1, 0.15) is 12.5 Å². The summed E-state index contributed by atoms with van der Waals surface area (Å²) in [5.41, 5.74) is 0.949. The SMILES string of the molecule is CCOc1ccc(NC(=O)CN2C(=O)S/C(=C/c3ccc(O)c(O)c3)C2=O)cc1. The van der Waals surface area contributed by atoms with E-state index >= 15 is 0 Å². The Morgan fingerprint density at radius 1 is 1.14 bits per heavy atom. The highest BCUT2D eigenvalue weighted by molar-refractivity contribution is 8.18. The molecule has 1 heterocycles. The van der Waals surface area contributed by atoms with Crippen LogP contribution in [0, 0.1) is 0 Å². The number of imide groups is 1. The van der Waals surface area contributed by atoms with Crippen LogP contribution >= 0.6 is 11.8 Å². The van der Waals surface area contributed by atoms with Gasteiger partial charge in [-0.3, -0.25) is 19.3 Å². The Bertz CT molecular complexity index is 987. The van der Waals surface area contributed by atoms with Gasteiger partial charge in [0.1, 0.15) is 12.3 Å². The maximum absolute atomic E-state index is 12.5. The van der Waals surface area contributed by atoms with Gasteiger partial charge in [-0.2, -0.15) is 0 Å². The molecule has 1 aliphatic heterocycles. The Morgan fingerprint density at radius 2 is 1.86 bits per heavy atom. The zero-order valence-electron chi connectivity index (χ0n) is 15.4. The van der Waals surface area contributed by atoms with Gasteiger partial charge in [-0.15, -0.1) is 0 Å². The molecule has 29 heavy (non-hydrogen) atoms. The third kappa shape index (κ3) is 4.88. The van der Waals surface area contributed by atoms with Crippen LogP contribution in [0.5, 0.6) is 17.2 Å². The van der Waals surface area contributed by atoms with Gasteiger partial charge in [0.15, 0.2) is 11.5 Å². The molecule has 0 bridgehead atoms. The number of aromatic hydroxyl groups is 2. The molecule has 1 aliphatic rings. The molecule has 3 amide bonds. The van der Waals surface area contributed by atoms with E-state index in [-0.39, 0.29) is 16.4 Å². The molecule has 3 N–H and O–H groups in total. The lowest BCUT2D eigenvalue weighted by atomic mass is 10.2. The number of anilines is 1. The number of phenolic OH excluding ortho intramolecular Hbond substituents is 2. The summed E-state index contributed by atoms with van der Waals surface area (Å²) >= 11 is 0.700. The minimum Gasteiger partial charge on any atom is -0.504 e. The zero-order valence-corrected chi connectivity index (χ0v) is 16.2. The summed E-state index contributed by atoms with van der Waals surface area (Å²) < 4.78 is 5.33. The summed E-state index contributed by atoms with van der Waals surface area (Å²) in [6.45, 7) is 1.98. The summed E-state index contributed by atoms with van der Waals surface area (Å²) in [6.07, 6.45) is 1.41. The smallest absolute Gasteiger partial charge is 0.294 e. The molecule has 0 atom stereocenters. The summed E-state index contributed by atoms with van der Waals surface area (Å²) in [5.74, 6) is -1.08. The average Bonchev–Trinajstić information content (AvgIpc) is 2.94. The largest absolute Gasteiger partial charge is 0.504 e. The number of rotatable bonds is 6. The molecule has 9 heteroatoms. The van der Waals surface area contributed by atoms with Crippen LogP contribution in [-0.4, -0.2) is 45.3 Å². The first-order valence-corrected chi connectivity index (χ1v) is 9.49. The van der Waals surface area contributed by atoms with Gasteiger partial charge in [0, 0.05) is 5.69 Å². The number of carbonyl (C=O) groups excluding carboxylic acids is 3. The van der Waals surface area contributed by atoms with Crippen LogP contribution in [0.3, 0.4) is 0 Å². The fourth-order valence-electron chi connectivity index (χ4n) is 2.56. The van der Waals surface area contributed by atoms with Gasteiger partial charge in [0.2, 0.25) is 5.91 Å². The number of hydrogen-bond donors (Lipinski definition) is 3. The van der Waals surface area contributed by atoms with Crippen LogP contribution in [-0.2, 0) is 9.59 Å². The van der Waals surface area contributed by atoms with Crippen LogP contribution < -0.4 is 10.1 Å². The first-order valence-electron chi connectivity index (χ1n) is 8.67. The van der Waals surface area contributed by atoms with Crippen molar-refractivity contribution in [3.05, 3.63) is 52.9 Å². The fourth-order valence-corrected chi connectivity index (χ4v) is 3.40. The number of benzene rings is 2. The van der Waals surface area contributed by atoms with E-state index < -0.39 is 23.6 Å². The van der Waals surface area contributed by atoms with Crippen molar-refractivity contribution in [2.24, 2.45) is 0 Å². The quantitative estimate of drug-likeness (QED) is 0.491. The lowest BCUT2D eigenvalue weighted by Crippen LogP contribution is -2.36. The molecular weight excluding hydrogens is 396 g/mol. The van der Waals surface area contributed by atoms with E-state index in [1.165, 1.54) is 24.3 Å². The summed E-state index contributed by atoms with van der Waals surface area (Å²) in [4.78, 5) is 37.8. The third-order valence-electron chi connectivity index (χ3n) is 3.92. The Labute approximate surface area is 170 Å². The number of carbonyl (C=O) groups is 3. The molecule has 8 nitrogen and oxygen atoms in total. The predicted octanol–water partition coefficient (Wildman–Crippen LogP) is 3.17. The number of phenols is 2. The molecule has 2 aromatic carbocycles. The van der Waals surface area contributed by atoms with Crippen molar-refractivity contribution in [3.8, 4) is 17.2 Å². The van der Waals surface area contributed by atoms with Gasteiger partial charge in [-0.1, -0.05) is 6.07 Å². The lowest BCUT2D eigenvalue weighted by molar-refractivity contribution is -0.127. The van der Waals surface area contributed by atoms with Gasteiger partial charge in [-0.05, 0) is 66.7 Å². The van der Waals surface area contributed by atoms with E-state index in [2.05, 4.69) is 5.32 Å². The van der Waals surface area contributed by atoms with Crippen molar-refractivity contribution < 1.29 is 29.3 Å². The highest BCUT2D eigenvalue weighted by atomic mass is 32.2. The molecule has 0 radical (unpaired) electrons. The van der Waals surface area contributed by atoms with E-state index in [9.17, 15) is 24.6 Å². The summed E-state index contributed by atoms with van der Waals surface area (Å²) in [6, 6.07) is 10.8. The molecule has 0 aromatic heterocycles. The molecule has 0 spiro atoms. The molecule has 2 aromatic rings. The Kier molecular flexibility index (Phi) is 6.08. The predicted molar refractivity (Wildman–Crippen MR) is 109 cm³/mol. The van der Waals surface area contributed by atoms with Crippen LogP contribution in [0.25, 0.3) is 6.08 Å². The Balaban J connectivity index is 1.65. The molecule has 1 saturated heterocycles. The Hall–Kier alpha value is -3.46. The van der Waals surface area contributed by atoms with Crippen molar-refractivity contribution >= 4 is 40.6 Å². The van der Waals surface area contributed by atoms with Crippen LogP contribution in [0.4, 0.5) is 10.5 Å². The van der Waals surface area contributed by atoms with Gasteiger partial charge in [0.05, 0.1) is 11.5 Å². The fraction of sp³-hybridized carbons (Fsp3) is 0.150. The normalized spacial score (nSPS) is 15.1. The van der Waals surface area contributed by atoms with Crippen molar-refractivity contribution in [2.75, 3.05) is 18.5 Å². The van der Waals surface area contributed by atoms with Gasteiger partial charge in [-0.25, -0.2) is 0 Å². The second kappa shape index (κ2) is 8.70. The second-order valence-electron chi connectivity index (χ2n) is 6.02. The highest BCUT2D eigenvalue weighted by Crippen LogP contribution is 2.33. The van der Waals surface area contributed by atoms with Crippen LogP contribution in [0.2, 0.25) is 0 Å². The minimum absolute atomic E-state index is 0.119. The van der Waals surface area contributed by atoms with E-state index in [4.69, 9.17) is 4.74 Å². The topological polar surface area (TPSA) is 116 Å². The monoisotopic (exact) mass is 414 g/mol. The molecule has 0 aliphatic carbocycles. The number of ether oxygens (including phenoxy) is 1. The first kappa shape index (κ1) is 20.3. The molecule has 0 unspecified atom stereocenters. The molecule has 1 fully saturated rings. The molecule has 3 rings (SSSR count). The first-order chi connectivity index (χ1) is 13.9. The van der Waals surface area contributed by atoms with Gasteiger partial charge in [0.25, 0.3) is 11.1 Å². The maximum atomic E-state index is 12.5. The number of thioether (sulfide) groups is 1. The van der Waals surface area contributed by atoms with E-state index in [0.717, 1.165) is 4.90 Å². The molecule has 150 valence electrons. The number of hydrogen-bond acceptors (Lipinski definition) is 7. The van der Waals surface area contributed by atoms with Gasteiger partial charge < -0.3 is 20.3 Å². The highest BCUT2D eigenvalue weighted by Gasteiger charge is 2.36. The second-order valence-corrected chi connectivity index (χ2v) is 7.01. The van der Waals surface area contributed by atoms with E-state index in [1.54, 1.807) is 24.3 Å². The van der Waals surface area contributed by atoms with Crippen molar-refractivity contribution in [1.82, 2.24) is 4.90 Å². The number of nitrogens with one attached hydrogen (secondary N) is 1. The molecule has 0 saturated carbocycles. The minimum atomic E-state index is -0.602. The van der Waals surface area contributed by atoms with Crippen molar-refractivity contribution in [2.45, 2.75) is 6.92 Å². The Morgan fingerprint density at radius 3 is 2.52 bits per heavy atom. The zero-order chi connectivity index (χ0) is 21.0. The van der Waals surface area contributed by atoms with E-state index in [0.29, 0.717) is 35.4 Å².